The zero-order valence-electron chi connectivity index (χ0n) is 15.0. The fourth-order valence-corrected chi connectivity index (χ4v) is 4.95. The van der Waals surface area contributed by atoms with E-state index in [1.807, 2.05) is 18.2 Å². The summed E-state index contributed by atoms with van der Waals surface area (Å²) in [5, 5.41) is 23.2. The molecule has 1 aromatic carbocycles. The molecule has 9 heteroatoms. The van der Waals surface area contributed by atoms with E-state index >= 15 is 0 Å². The molecule has 3 heterocycles. The van der Waals surface area contributed by atoms with Crippen LogP contribution in [0.15, 0.2) is 30.6 Å². The maximum absolute atomic E-state index is 10.3. The van der Waals surface area contributed by atoms with Crippen LogP contribution in [0.3, 0.4) is 0 Å². The highest BCUT2D eigenvalue weighted by Gasteiger charge is 2.36. The van der Waals surface area contributed by atoms with Gasteiger partial charge in [-0.3, -0.25) is 4.57 Å². The Morgan fingerprint density at radius 3 is 2.93 bits per heavy atom. The second kappa shape index (κ2) is 8.24. The van der Waals surface area contributed by atoms with Gasteiger partial charge >= 0.3 is 0 Å². The van der Waals surface area contributed by atoms with Crippen LogP contribution in [0.5, 0.6) is 0 Å². The van der Waals surface area contributed by atoms with Gasteiger partial charge in [-0.1, -0.05) is 18.1 Å². The third-order valence-electron chi connectivity index (χ3n) is 4.41. The normalized spacial score (nSPS) is 21.5. The first kappa shape index (κ1) is 19.4. The van der Waals surface area contributed by atoms with Gasteiger partial charge in [0.15, 0.2) is 17.0 Å². The van der Waals surface area contributed by atoms with Gasteiger partial charge in [-0.2, -0.15) is 0 Å². The zero-order valence-corrected chi connectivity index (χ0v) is 18.0. The number of hydrogen-bond donors (Lipinski definition) is 3. The molecule has 0 saturated carbocycles. The smallest absolute Gasteiger partial charge is 0.208 e. The molecule has 1 aliphatic rings. The summed E-state index contributed by atoms with van der Waals surface area (Å²) >= 11 is 3.76. The minimum absolute atomic E-state index is 0.346. The Labute approximate surface area is 180 Å². The van der Waals surface area contributed by atoms with Crippen LogP contribution < -0.4 is 5.32 Å². The molecular formula is C19H18IN5O2S. The van der Waals surface area contributed by atoms with Crippen LogP contribution in [0.25, 0.3) is 11.2 Å². The first-order valence-electron chi connectivity index (χ1n) is 8.70. The number of hydrogen-bond acceptors (Lipinski definition) is 7. The number of rotatable bonds is 4. The van der Waals surface area contributed by atoms with Crippen LogP contribution in [0.4, 0.5) is 5.82 Å². The fraction of sp³-hybridized carbons (Fsp3) is 0.316. The van der Waals surface area contributed by atoms with Crippen LogP contribution >= 0.6 is 34.4 Å². The van der Waals surface area contributed by atoms with Crippen molar-refractivity contribution in [1.29, 1.82) is 0 Å². The molecule has 1 fully saturated rings. The summed E-state index contributed by atoms with van der Waals surface area (Å²) in [4.78, 5) is 13.5. The van der Waals surface area contributed by atoms with Crippen molar-refractivity contribution >= 4 is 51.3 Å². The molecule has 7 nitrogen and oxygen atoms in total. The van der Waals surface area contributed by atoms with Crippen molar-refractivity contribution < 1.29 is 10.2 Å². The van der Waals surface area contributed by atoms with Crippen molar-refractivity contribution in [2.24, 2.45) is 0 Å². The Hall–Kier alpha value is -1.87. The predicted octanol–water partition coefficient (Wildman–Crippen LogP) is 2.38. The van der Waals surface area contributed by atoms with Gasteiger partial charge in [-0.15, -0.1) is 11.8 Å². The van der Waals surface area contributed by atoms with Crippen LogP contribution in [0.1, 0.15) is 23.7 Å². The molecule has 0 spiro atoms. The van der Waals surface area contributed by atoms with E-state index in [-0.39, 0.29) is 5.37 Å². The highest BCUT2D eigenvalue weighted by molar-refractivity contribution is 14.1. The molecule has 0 bridgehead atoms. The molecule has 28 heavy (non-hydrogen) atoms. The van der Waals surface area contributed by atoms with Crippen molar-refractivity contribution in [3.63, 3.8) is 0 Å². The molecule has 3 atom stereocenters. The van der Waals surface area contributed by atoms with Gasteiger partial charge in [-0.05, 0) is 53.1 Å². The quantitative estimate of drug-likeness (QED) is 0.369. The third-order valence-corrected chi connectivity index (χ3v) is 6.46. The second-order valence-corrected chi connectivity index (χ2v) is 8.76. The lowest BCUT2D eigenvalue weighted by atomic mass is 10.2. The zero-order chi connectivity index (χ0) is 19.7. The van der Waals surface area contributed by atoms with E-state index in [4.69, 9.17) is 0 Å². The largest absolute Gasteiger partial charge is 0.389 e. The molecule has 1 saturated heterocycles. The Balaban J connectivity index is 1.72. The molecule has 2 aromatic heterocycles. The Kier molecular flexibility index (Phi) is 5.73. The number of imidazole rings is 1. The average Bonchev–Trinajstić information content (AvgIpc) is 3.24. The molecule has 0 amide bonds. The van der Waals surface area contributed by atoms with E-state index in [0.717, 1.165) is 9.13 Å². The summed E-state index contributed by atoms with van der Waals surface area (Å²) in [7, 11) is 0. The van der Waals surface area contributed by atoms with Crippen molar-refractivity contribution in [3.05, 3.63) is 45.6 Å². The van der Waals surface area contributed by atoms with Crippen LogP contribution in [0, 0.1) is 15.4 Å². The van der Waals surface area contributed by atoms with Crippen LogP contribution in [0.2, 0.25) is 0 Å². The van der Waals surface area contributed by atoms with E-state index in [2.05, 4.69) is 60.8 Å². The van der Waals surface area contributed by atoms with Crippen LogP contribution in [-0.4, -0.2) is 47.7 Å². The summed E-state index contributed by atoms with van der Waals surface area (Å²) < 4.78 is 2.96. The van der Waals surface area contributed by atoms with Gasteiger partial charge in [-0.25, -0.2) is 15.0 Å². The topological polar surface area (TPSA) is 96.1 Å². The number of halogens is 1. The molecular weight excluding hydrogens is 489 g/mol. The monoisotopic (exact) mass is 507 g/mol. The number of nitrogens with one attached hydrogen (secondary N) is 1. The van der Waals surface area contributed by atoms with Crippen molar-refractivity contribution in [2.75, 3.05) is 11.1 Å². The van der Waals surface area contributed by atoms with E-state index < -0.39 is 12.2 Å². The number of aromatic nitrogens is 4. The lowest BCUT2D eigenvalue weighted by molar-refractivity contribution is 0.0313. The summed E-state index contributed by atoms with van der Waals surface area (Å²) in [6.45, 7) is 2.32. The van der Waals surface area contributed by atoms with Gasteiger partial charge in [0, 0.05) is 15.9 Å². The highest BCUT2D eigenvalue weighted by atomic mass is 127. The molecule has 4 rings (SSSR count). The first-order chi connectivity index (χ1) is 13.6. The average molecular weight is 507 g/mol. The summed E-state index contributed by atoms with van der Waals surface area (Å²) in [6.07, 6.45) is 0.00106. The molecule has 144 valence electrons. The second-order valence-electron chi connectivity index (χ2n) is 6.36. The lowest BCUT2D eigenvalue weighted by Crippen LogP contribution is -2.27. The van der Waals surface area contributed by atoms with E-state index in [0.29, 0.717) is 35.1 Å². The van der Waals surface area contributed by atoms with Crippen molar-refractivity contribution in [3.8, 4) is 11.8 Å². The maximum atomic E-state index is 10.3. The number of thioether (sulfide) groups is 1. The summed E-state index contributed by atoms with van der Waals surface area (Å²) in [5.74, 6) is 7.18. The molecule has 0 unspecified atom stereocenters. The molecule has 3 N–H and O–H groups in total. The summed E-state index contributed by atoms with van der Waals surface area (Å²) in [6, 6.07) is 8.21. The molecule has 1 aliphatic heterocycles. The Bertz CT molecular complexity index is 1080. The number of aliphatic hydroxyl groups is 2. The minimum atomic E-state index is -0.874. The highest BCUT2D eigenvalue weighted by Crippen LogP contribution is 2.38. The molecule has 0 aliphatic carbocycles. The number of fused-ring (bicyclic) bond motifs is 1. The fourth-order valence-electron chi connectivity index (χ4n) is 3.06. The minimum Gasteiger partial charge on any atom is -0.389 e. The van der Waals surface area contributed by atoms with Crippen molar-refractivity contribution in [1.82, 2.24) is 19.5 Å². The third kappa shape index (κ3) is 3.82. The maximum Gasteiger partial charge on any atom is 0.208 e. The first-order valence-corrected chi connectivity index (χ1v) is 10.8. The number of benzene rings is 1. The predicted molar refractivity (Wildman–Crippen MR) is 118 cm³/mol. The van der Waals surface area contributed by atoms with E-state index in [9.17, 15) is 10.2 Å². The Morgan fingerprint density at radius 1 is 1.36 bits per heavy atom. The molecule has 3 aromatic rings. The SMILES string of the molecule is CC#Cc1nc(NCc2cccc(I)c2)c2ncn([C@@H]3SC[C@@H](O)[C@H]3O)c2n1. The van der Waals surface area contributed by atoms with Gasteiger partial charge < -0.3 is 15.5 Å². The lowest BCUT2D eigenvalue weighted by Gasteiger charge is -2.17. The van der Waals surface area contributed by atoms with Crippen LogP contribution in [-0.2, 0) is 6.54 Å². The van der Waals surface area contributed by atoms with E-state index in [1.165, 1.54) is 11.8 Å². The van der Waals surface area contributed by atoms with Gasteiger partial charge in [0.2, 0.25) is 5.82 Å². The van der Waals surface area contributed by atoms with Gasteiger partial charge in [0.05, 0.1) is 12.4 Å². The number of nitrogens with zero attached hydrogens (tertiary/aromatic N) is 4. The molecule has 0 radical (unpaired) electrons. The number of anilines is 1. The van der Waals surface area contributed by atoms with Gasteiger partial charge in [0.1, 0.15) is 11.5 Å². The summed E-state index contributed by atoms with van der Waals surface area (Å²) in [5.41, 5.74) is 2.33. The van der Waals surface area contributed by atoms with E-state index in [1.54, 1.807) is 17.8 Å². The Morgan fingerprint density at radius 2 is 2.21 bits per heavy atom. The standard InChI is InChI=1S/C19H18IN5O2S/c1-2-4-14-23-17(21-8-11-5-3-6-12(20)7-11)15-18(24-14)25(10-22-15)19-16(27)13(26)9-28-19/h3,5-7,10,13,16,19,26-27H,8-9H2,1H3,(H,21,23,24)/t13-,16-,19-/m1/s1. The van der Waals surface area contributed by atoms with Gasteiger partial charge in [0.25, 0.3) is 0 Å². The van der Waals surface area contributed by atoms with Crippen molar-refractivity contribution in [2.45, 2.75) is 31.1 Å². The number of aliphatic hydroxyl groups excluding tert-OH is 2.